The van der Waals surface area contributed by atoms with Crippen LogP contribution >= 0.6 is 24.0 Å². The van der Waals surface area contributed by atoms with Crippen LogP contribution in [0.4, 0.5) is 0 Å². The van der Waals surface area contributed by atoms with E-state index in [0.717, 1.165) is 0 Å². The fourth-order valence-corrected chi connectivity index (χ4v) is 1.11. The number of halogens is 2. The van der Waals surface area contributed by atoms with E-state index >= 15 is 0 Å². The van der Waals surface area contributed by atoms with E-state index < -0.39 is 0 Å². The van der Waals surface area contributed by atoms with Gasteiger partial charge in [-0.15, -0.1) is 12.4 Å². The second kappa shape index (κ2) is 6.65. The summed E-state index contributed by atoms with van der Waals surface area (Å²) in [5.41, 5.74) is 5.80. The largest absolute Gasteiger partial charge is 0.351 e. The lowest BCUT2D eigenvalue weighted by Gasteiger charge is -2.02. The third kappa shape index (κ3) is 3.96. The molecule has 3 nitrogen and oxygen atoms in total. The SMILES string of the molecule is Cl.NCCNC(=O)c1cccc(Cl)c1. The molecule has 0 unspecified atom stereocenters. The van der Waals surface area contributed by atoms with Crippen LogP contribution in [0.15, 0.2) is 24.3 Å². The summed E-state index contributed by atoms with van der Waals surface area (Å²) in [7, 11) is 0. The molecule has 1 aromatic carbocycles. The Kier molecular flexibility index (Phi) is 6.28. The molecule has 0 bridgehead atoms. The molecule has 14 heavy (non-hydrogen) atoms. The van der Waals surface area contributed by atoms with Crippen LogP contribution in [-0.4, -0.2) is 19.0 Å². The molecule has 0 aliphatic rings. The number of rotatable bonds is 3. The number of nitrogens with two attached hydrogens (primary N) is 1. The van der Waals surface area contributed by atoms with Crippen molar-refractivity contribution >= 4 is 29.9 Å². The highest BCUT2D eigenvalue weighted by Crippen LogP contribution is 2.10. The topological polar surface area (TPSA) is 55.1 Å². The van der Waals surface area contributed by atoms with Gasteiger partial charge in [0.05, 0.1) is 0 Å². The lowest BCUT2D eigenvalue weighted by molar-refractivity contribution is 0.0955. The first-order valence-electron chi connectivity index (χ1n) is 3.98. The summed E-state index contributed by atoms with van der Waals surface area (Å²) in [6.07, 6.45) is 0. The highest BCUT2D eigenvalue weighted by atomic mass is 35.5. The molecule has 1 rings (SSSR count). The number of benzene rings is 1. The van der Waals surface area contributed by atoms with Crippen molar-refractivity contribution in [2.45, 2.75) is 0 Å². The maximum atomic E-state index is 11.3. The molecule has 5 heteroatoms. The molecule has 0 saturated heterocycles. The molecular weight excluding hydrogens is 223 g/mol. The average molecular weight is 235 g/mol. The normalized spacial score (nSPS) is 9.00. The van der Waals surface area contributed by atoms with Gasteiger partial charge in [0, 0.05) is 23.7 Å². The minimum Gasteiger partial charge on any atom is -0.351 e. The van der Waals surface area contributed by atoms with Crippen LogP contribution in [0.3, 0.4) is 0 Å². The first-order valence-corrected chi connectivity index (χ1v) is 4.35. The van der Waals surface area contributed by atoms with Crippen molar-refractivity contribution in [1.29, 1.82) is 0 Å². The zero-order valence-electron chi connectivity index (χ0n) is 7.50. The summed E-state index contributed by atoms with van der Waals surface area (Å²) >= 11 is 5.72. The van der Waals surface area contributed by atoms with Crippen LogP contribution in [0.5, 0.6) is 0 Å². The molecule has 0 spiro atoms. The van der Waals surface area contributed by atoms with Crippen LogP contribution in [0, 0.1) is 0 Å². The van der Waals surface area contributed by atoms with Gasteiger partial charge in [0.15, 0.2) is 0 Å². The van der Waals surface area contributed by atoms with Crippen molar-refractivity contribution in [3.8, 4) is 0 Å². The van der Waals surface area contributed by atoms with Crippen LogP contribution < -0.4 is 11.1 Å². The molecule has 0 heterocycles. The fourth-order valence-electron chi connectivity index (χ4n) is 0.917. The summed E-state index contributed by atoms with van der Waals surface area (Å²) in [4.78, 5) is 11.3. The quantitative estimate of drug-likeness (QED) is 0.833. The molecular formula is C9H12Cl2N2O. The average Bonchev–Trinajstić information content (AvgIpc) is 2.14. The molecule has 0 fully saturated rings. The predicted molar refractivity (Wildman–Crippen MR) is 60.1 cm³/mol. The highest BCUT2D eigenvalue weighted by Gasteiger charge is 2.03. The van der Waals surface area contributed by atoms with E-state index in [0.29, 0.717) is 23.7 Å². The van der Waals surface area contributed by atoms with E-state index in [9.17, 15) is 4.79 Å². The molecule has 3 N–H and O–H groups in total. The van der Waals surface area contributed by atoms with Gasteiger partial charge in [-0.2, -0.15) is 0 Å². The van der Waals surface area contributed by atoms with E-state index in [-0.39, 0.29) is 18.3 Å². The van der Waals surface area contributed by atoms with Crippen molar-refractivity contribution in [2.24, 2.45) is 5.73 Å². The lowest BCUT2D eigenvalue weighted by atomic mass is 10.2. The number of carbonyl (C=O) groups excluding carboxylic acids is 1. The van der Waals surface area contributed by atoms with Crippen LogP contribution in [0.1, 0.15) is 10.4 Å². The van der Waals surface area contributed by atoms with Crippen molar-refractivity contribution in [1.82, 2.24) is 5.32 Å². The van der Waals surface area contributed by atoms with Crippen molar-refractivity contribution in [3.05, 3.63) is 34.9 Å². The van der Waals surface area contributed by atoms with Gasteiger partial charge in [0.25, 0.3) is 5.91 Å². The molecule has 0 atom stereocenters. The maximum Gasteiger partial charge on any atom is 0.251 e. The molecule has 0 aromatic heterocycles. The minimum atomic E-state index is -0.145. The molecule has 0 aliphatic carbocycles. The number of hydrogen-bond donors (Lipinski definition) is 2. The minimum absolute atomic E-state index is 0. The van der Waals surface area contributed by atoms with Crippen molar-refractivity contribution < 1.29 is 4.79 Å². The Morgan fingerprint density at radius 1 is 1.50 bits per heavy atom. The van der Waals surface area contributed by atoms with Gasteiger partial charge < -0.3 is 11.1 Å². The molecule has 1 aromatic rings. The van der Waals surface area contributed by atoms with Crippen molar-refractivity contribution in [2.75, 3.05) is 13.1 Å². The van der Waals surface area contributed by atoms with Crippen LogP contribution in [-0.2, 0) is 0 Å². The number of hydrogen-bond acceptors (Lipinski definition) is 2. The van der Waals surface area contributed by atoms with E-state index in [4.69, 9.17) is 17.3 Å². The maximum absolute atomic E-state index is 11.3. The molecule has 0 aliphatic heterocycles. The van der Waals surface area contributed by atoms with Gasteiger partial charge >= 0.3 is 0 Å². The second-order valence-corrected chi connectivity index (χ2v) is 2.99. The Morgan fingerprint density at radius 3 is 2.79 bits per heavy atom. The summed E-state index contributed by atoms with van der Waals surface area (Å²) in [5, 5.41) is 3.21. The van der Waals surface area contributed by atoms with Gasteiger partial charge in [0.1, 0.15) is 0 Å². The highest BCUT2D eigenvalue weighted by molar-refractivity contribution is 6.30. The van der Waals surface area contributed by atoms with E-state index in [1.54, 1.807) is 24.3 Å². The zero-order valence-corrected chi connectivity index (χ0v) is 9.07. The predicted octanol–water partition coefficient (Wildman–Crippen LogP) is 1.45. The smallest absolute Gasteiger partial charge is 0.251 e. The Labute approximate surface area is 94.0 Å². The number of carbonyl (C=O) groups is 1. The first-order chi connectivity index (χ1) is 6.24. The van der Waals surface area contributed by atoms with Gasteiger partial charge in [0.2, 0.25) is 0 Å². The summed E-state index contributed by atoms with van der Waals surface area (Å²) in [5.74, 6) is -0.145. The Hall–Kier alpha value is -0.770. The first kappa shape index (κ1) is 13.2. The Bertz CT molecular complexity index is 305. The molecule has 0 radical (unpaired) electrons. The Morgan fingerprint density at radius 2 is 2.21 bits per heavy atom. The fraction of sp³-hybridized carbons (Fsp3) is 0.222. The van der Waals surface area contributed by atoms with Gasteiger partial charge in [-0.3, -0.25) is 4.79 Å². The summed E-state index contributed by atoms with van der Waals surface area (Å²) in [6.45, 7) is 0.914. The lowest BCUT2D eigenvalue weighted by Crippen LogP contribution is -2.28. The van der Waals surface area contributed by atoms with Gasteiger partial charge in [-0.05, 0) is 18.2 Å². The van der Waals surface area contributed by atoms with Crippen LogP contribution in [0.2, 0.25) is 5.02 Å². The van der Waals surface area contributed by atoms with Gasteiger partial charge in [-0.25, -0.2) is 0 Å². The summed E-state index contributed by atoms with van der Waals surface area (Å²) < 4.78 is 0. The standard InChI is InChI=1S/C9H11ClN2O.ClH/c10-8-3-1-2-7(6-8)9(13)12-5-4-11;/h1-3,6H,4-5,11H2,(H,12,13);1H. The number of nitrogens with one attached hydrogen (secondary N) is 1. The second-order valence-electron chi connectivity index (χ2n) is 2.55. The third-order valence-corrected chi connectivity index (χ3v) is 1.75. The molecule has 78 valence electrons. The van der Waals surface area contributed by atoms with E-state index in [1.165, 1.54) is 0 Å². The summed E-state index contributed by atoms with van der Waals surface area (Å²) in [6, 6.07) is 6.78. The van der Waals surface area contributed by atoms with Gasteiger partial charge in [-0.1, -0.05) is 17.7 Å². The third-order valence-electron chi connectivity index (χ3n) is 1.52. The number of amides is 1. The van der Waals surface area contributed by atoms with E-state index in [1.807, 2.05) is 0 Å². The monoisotopic (exact) mass is 234 g/mol. The van der Waals surface area contributed by atoms with Crippen LogP contribution in [0.25, 0.3) is 0 Å². The molecule has 0 saturated carbocycles. The van der Waals surface area contributed by atoms with Crippen molar-refractivity contribution in [3.63, 3.8) is 0 Å². The van der Waals surface area contributed by atoms with E-state index in [2.05, 4.69) is 5.32 Å². The Balaban J connectivity index is 0.00000169. The molecule has 1 amide bonds. The zero-order chi connectivity index (χ0) is 9.68.